The fourth-order valence-corrected chi connectivity index (χ4v) is 4.20. The van der Waals surface area contributed by atoms with Gasteiger partial charge in [0.15, 0.2) is 0 Å². The second-order valence-corrected chi connectivity index (χ2v) is 9.82. The van der Waals surface area contributed by atoms with Gasteiger partial charge < -0.3 is 0 Å². The average Bonchev–Trinajstić information content (AvgIpc) is 2.90. The first-order valence-corrected chi connectivity index (χ1v) is 10.1. The van der Waals surface area contributed by atoms with Gasteiger partial charge in [0.2, 0.25) is 3.79 Å². The third-order valence-corrected chi connectivity index (χ3v) is 5.42. The summed E-state index contributed by atoms with van der Waals surface area (Å²) < 4.78 is 29.3. The summed E-state index contributed by atoms with van der Waals surface area (Å²) in [5.41, 5.74) is 5.64. The van der Waals surface area contributed by atoms with E-state index in [9.17, 15) is 8.42 Å². The number of rotatable bonds is 5. The van der Waals surface area contributed by atoms with Crippen molar-refractivity contribution in [3.8, 4) is 11.1 Å². The molecule has 2 aromatic rings. The van der Waals surface area contributed by atoms with Gasteiger partial charge in [0.25, 0.3) is 0 Å². The van der Waals surface area contributed by atoms with E-state index in [2.05, 4.69) is 16.9 Å². The molecule has 0 heterocycles. The SMILES string of the molecule is CC(NS(=O)(=O)OCC(Cl)(Cl)Cl)c1ccc2c(c1)-c1ccccc1C2. The fourth-order valence-electron chi connectivity index (χ4n) is 2.87. The lowest BCUT2D eigenvalue weighted by Gasteiger charge is -2.17. The molecule has 4 nitrogen and oxygen atoms in total. The molecular formula is C17H16Cl3NO3S. The molecular weight excluding hydrogens is 405 g/mol. The van der Waals surface area contributed by atoms with Crippen LogP contribution in [0.1, 0.15) is 29.7 Å². The van der Waals surface area contributed by atoms with Crippen molar-refractivity contribution < 1.29 is 12.6 Å². The fraction of sp³-hybridized carbons (Fsp3) is 0.294. The van der Waals surface area contributed by atoms with Crippen molar-refractivity contribution in [2.45, 2.75) is 23.2 Å². The molecule has 8 heteroatoms. The maximum atomic E-state index is 12.0. The van der Waals surface area contributed by atoms with Crippen LogP contribution < -0.4 is 4.72 Å². The predicted octanol–water partition coefficient (Wildman–Crippen LogP) is 4.54. The predicted molar refractivity (Wildman–Crippen MR) is 101 cm³/mol. The number of benzene rings is 2. The molecule has 2 aromatic carbocycles. The van der Waals surface area contributed by atoms with Gasteiger partial charge >= 0.3 is 10.3 Å². The van der Waals surface area contributed by atoms with Gasteiger partial charge in [-0.05, 0) is 47.2 Å². The maximum absolute atomic E-state index is 12.0. The van der Waals surface area contributed by atoms with E-state index in [0.717, 1.165) is 17.5 Å². The number of hydrogen-bond donors (Lipinski definition) is 1. The lowest BCUT2D eigenvalue weighted by Crippen LogP contribution is -2.31. The van der Waals surface area contributed by atoms with Crippen LogP contribution in [-0.2, 0) is 20.9 Å². The molecule has 25 heavy (non-hydrogen) atoms. The third-order valence-electron chi connectivity index (χ3n) is 4.02. The minimum Gasteiger partial charge on any atom is -0.254 e. The zero-order valence-corrected chi connectivity index (χ0v) is 16.4. The van der Waals surface area contributed by atoms with Crippen molar-refractivity contribution in [1.82, 2.24) is 4.72 Å². The molecule has 3 rings (SSSR count). The number of fused-ring (bicyclic) bond motifs is 3. The molecule has 0 saturated heterocycles. The topological polar surface area (TPSA) is 55.4 Å². The molecule has 0 bridgehead atoms. The van der Waals surface area contributed by atoms with Crippen LogP contribution in [0.25, 0.3) is 11.1 Å². The summed E-state index contributed by atoms with van der Waals surface area (Å²) in [5, 5.41) is 0. The highest BCUT2D eigenvalue weighted by molar-refractivity contribution is 7.84. The summed E-state index contributed by atoms with van der Waals surface area (Å²) >= 11 is 16.6. The summed E-state index contributed by atoms with van der Waals surface area (Å²) in [6.07, 6.45) is 0.887. The van der Waals surface area contributed by atoms with Crippen molar-refractivity contribution in [1.29, 1.82) is 0 Å². The summed E-state index contributed by atoms with van der Waals surface area (Å²) in [5.74, 6) is 0. The molecule has 134 valence electrons. The summed E-state index contributed by atoms with van der Waals surface area (Å²) in [4.78, 5) is 0. The smallest absolute Gasteiger partial charge is 0.254 e. The maximum Gasteiger partial charge on any atom is 0.336 e. The van der Waals surface area contributed by atoms with Crippen molar-refractivity contribution in [2.75, 3.05) is 6.61 Å². The van der Waals surface area contributed by atoms with Crippen molar-refractivity contribution >= 4 is 45.1 Å². The van der Waals surface area contributed by atoms with Gasteiger partial charge in [-0.2, -0.15) is 13.1 Å². The van der Waals surface area contributed by atoms with E-state index in [1.165, 1.54) is 16.7 Å². The molecule has 0 amide bonds. The Morgan fingerprint density at radius 2 is 1.80 bits per heavy atom. The highest BCUT2D eigenvalue weighted by atomic mass is 35.6. The van der Waals surface area contributed by atoms with E-state index in [1.807, 2.05) is 30.3 Å². The lowest BCUT2D eigenvalue weighted by molar-refractivity contribution is 0.314. The van der Waals surface area contributed by atoms with Gasteiger partial charge in [-0.3, -0.25) is 4.18 Å². The number of hydrogen-bond acceptors (Lipinski definition) is 3. The average molecular weight is 421 g/mol. The molecule has 1 aliphatic carbocycles. The largest absolute Gasteiger partial charge is 0.336 e. The van der Waals surface area contributed by atoms with Gasteiger partial charge in [-0.1, -0.05) is 71.2 Å². The third kappa shape index (κ3) is 4.67. The van der Waals surface area contributed by atoms with E-state index in [4.69, 9.17) is 39.0 Å². The van der Waals surface area contributed by atoms with Crippen LogP contribution in [-0.4, -0.2) is 18.8 Å². The first-order valence-electron chi connectivity index (χ1n) is 7.59. The van der Waals surface area contributed by atoms with Crippen molar-refractivity contribution in [3.05, 3.63) is 59.2 Å². The van der Waals surface area contributed by atoms with Crippen molar-refractivity contribution in [2.24, 2.45) is 0 Å². The minimum atomic E-state index is -4.04. The summed E-state index contributed by atoms with van der Waals surface area (Å²) in [7, 11) is -4.04. The Hall–Kier alpha value is -0.820. The molecule has 1 unspecified atom stereocenters. The number of nitrogens with one attached hydrogen (secondary N) is 1. The first kappa shape index (κ1) is 19.0. The van der Waals surface area contributed by atoms with E-state index in [-0.39, 0.29) is 0 Å². The first-order chi connectivity index (χ1) is 11.6. The van der Waals surface area contributed by atoms with Crippen LogP contribution >= 0.6 is 34.8 Å². The Labute approximate surface area is 162 Å². The van der Waals surface area contributed by atoms with Gasteiger partial charge in [-0.15, -0.1) is 0 Å². The molecule has 0 radical (unpaired) electrons. The zero-order valence-electron chi connectivity index (χ0n) is 13.3. The second-order valence-electron chi connectivity index (χ2n) is 5.92. The molecule has 0 saturated carbocycles. The normalized spacial score (nSPS) is 14.9. The summed E-state index contributed by atoms with van der Waals surface area (Å²) in [6, 6.07) is 13.6. The molecule has 0 aromatic heterocycles. The summed E-state index contributed by atoms with van der Waals surface area (Å²) in [6.45, 7) is 1.18. The standard InChI is InChI=1S/C17H16Cl3NO3S/c1-11(21-25(22,23)24-10-17(18,19)20)12-6-7-14-8-13-4-2-3-5-15(13)16(14)9-12/h2-7,9,11,21H,8,10H2,1H3. The van der Waals surface area contributed by atoms with Gasteiger partial charge in [0, 0.05) is 6.04 Å². The lowest BCUT2D eigenvalue weighted by atomic mass is 10.0. The molecule has 0 fully saturated rings. The van der Waals surface area contributed by atoms with E-state index in [1.54, 1.807) is 6.92 Å². The van der Waals surface area contributed by atoms with Gasteiger partial charge in [0.1, 0.15) is 6.61 Å². The molecule has 1 N–H and O–H groups in total. The van der Waals surface area contributed by atoms with Crippen LogP contribution in [0.5, 0.6) is 0 Å². The Balaban J connectivity index is 1.78. The second kappa shape index (κ2) is 7.06. The van der Waals surface area contributed by atoms with E-state index in [0.29, 0.717) is 0 Å². The highest BCUT2D eigenvalue weighted by Gasteiger charge is 2.26. The van der Waals surface area contributed by atoms with E-state index < -0.39 is 26.7 Å². The Morgan fingerprint density at radius 1 is 1.12 bits per heavy atom. The van der Waals surface area contributed by atoms with Crippen LogP contribution in [0.4, 0.5) is 0 Å². The minimum absolute atomic E-state index is 0.488. The number of alkyl halides is 3. The monoisotopic (exact) mass is 419 g/mol. The molecule has 0 aliphatic heterocycles. The van der Waals surface area contributed by atoms with Crippen LogP contribution in [0, 0.1) is 0 Å². The highest BCUT2D eigenvalue weighted by Crippen LogP contribution is 2.37. The molecule has 0 spiro atoms. The Bertz CT molecular complexity index is 894. The van der Waals surface area contributed by atoms with Crippen LogP contribution in [0.3, 0.4) is 0 Å². The van der Waals surface area contributed by atoms with Crippen molar-refractivity contribution in [3.63, 3.8) is 0 Å². The number of halogens is 3. The van der Waals surface area contributed by atoms with Crippen LogP contribution in [0.15, 0.2) is 42.5 Å². The molecule has 1 atom stereocenters. The van der Waals surface area contributed by atoms with Gasteiger partial charge in [-0.25, -0.2) is 0 Å². The van der Waals surface area contributed by atoms with E-state index >= 15 is 0 Å². The quantitative estimate of drug-likeness (QED) is 0.617. The Morgan fingerprint density at radius 3 is 2.52 bits per heavy atom. The Kier molecular flexibility index (Phi) is 5.36. The van der Waals surface area contributed by atoms with Gasteiger partial charge in [0.05, 0.1) is 0 Å². The van der Waals surface area contributed by atoms with Crippen LogP contribution in [0.2, 0.25) is 0 Å². The molecule has 1 aliphatic rings. The zero-order chi connectivity index (χ0) is 18.2.